The summed E-state index contributed by atoms with van der Waals surface area (Å²) in [6.07, 6.45) is 0.287. The first-order valence-corrected chi connectivity index (χ1v) is 6.41. The molecule has 0 aromatic carbocycles. The van der Waals surface area contributed by atoms with E-state index in [1.165, 1.54) is 12.7 Å². The van der Waals surface area contributed by atoms with Gasteiger partial charge in [-0.1, -0.05) is 0 Å². The average molecular weight is 300 g/mol. The minimum absolute atomic E-state index is 0.252. The zero-order chi connectivity index (χ0) is 14.5. The van der Waals surface area contributed by atoms with E-state index in [4.69, 9.17) is 22.1 Å². The zero-order valence-corrected chi connectivity index (χ0v) is 11.4. The number of alkyl halides is 1. The van der Waals surface area contributed by atoms with E-state index >= 15 is 0 Å². The summed E-state index contributed by atoms with van der Waals surface area (Å²) in [7, 11) is 0. The van der Waals surface area contributed by atoms with Crippen molar-refractivity contribution in [3.05, 3.63) is 12.7 Å². The van der Waals surface area contributed by atoms with Crippen molar-refractivity contribution in [3.8, 4) is 0 Å². The van der Waals surface area contributed by atoms with Crippen LogP contribution in [0.3, 0.4) is 0 Å². The van der Waals surface area contributed by atoms with Gasteiger partial charge in [-0.05, 0) is 6.92 Å². The van der Waals surface area contributed by atoms with E-state index in [1.807, 2.05) is 0 Å². The molecule has 0 bridgehead atoms. The van der Waals surface area contributed by atoms with Crippen molar-refractivity contribution < 1.29 is 14.9 Å². The molecule has 1 aliphatic rings. The predicted octanol–water partition coefficient (Wildman–Crippen LogP) is -0.343. The number of hydrogen-bond donors (Lipinski definition) is 3. The number of rotatable bonds is 2. The summed E-state index contributed by atoms with van der Waals surface area (Å²) in [5, 5.41) is 19.3. The number of nitrogen functional groups attached to an aromatic ring is 1. The molecule has 4 unspecified atom stereocenters. The van der Waals surface area contributed by atoms with Crippen LogP contribution in [0.5, 0.6) is 0 Å². The molecule has 3 heterocycles. The van der Waals surface area contributed by atoms with Crippen LogP contribution in [0, 0.1) is 0 Å². The predicted molar refractivity (Wildman–Crippen MR) is 71.0 cm³/mol. The lowest BCUT2D eigenvalue weighted by Crippen LogP contribution is -2.39. The van der Waals surface area contributed by atoms with Gasteiger partial charge < -0.3 is 20.7 Å². The molecule has 20 heavy (non-hydrogen) atoms. The van der Waals surface area contributed by atoms with Crippen LogP contribution in [0.2, 0.25) is 0 Å². The first-order valence-electron chi connectivity index (χ1n) is 6.03. The molecule has 3 rings (SSSR count). The van der Waals surface area contributed by atoms with E-state index in [9.17, 15) is 10.2 Å². The number of halogens is 1. The third-order valence-corrected chi connectivity index (χ3v) is 3.95. The highest BCUT2D eigenvalue weighted by molar-refractivity contribution is 6.24. The van der Waals surface area contributed by atoms with Crippen LogP contribution in [0.1, 0.15) is 13.2 Å². The SMILES string of the molecule is CC1(Cl)C(O)C(CO)OC1n1cnc2c(N)ncnc21. The molecule has 1 fully saturated rings. The molecule has 1 aliphatic heterocycles. The molecule has 108 valence electrons. The Balaban J connectivity index is 2.10. The molecule has 9 heteroatoms. The molecule has 0 radical (unpaired) electrons. The van der Waals surface area contributed by atoms with E-state index in [2.05, 4.69) is 15.0 Å². The Morgan fingerprint density at radius 1 is 1.50 bits per heavy atom. The number of imidazole rings is 1. The zero-order valence-electron chi connectivity index (χ0n) is 10.6. The Bertz CT molecular complexity index is 646. The maximum absolute atomic E-state index is 10.1. The van der Waals surface area contributed by atoms with Gasteiger partial charge in [-0.2, -0.15) is 0 Å². The van der Waals surface area contributed by atoms with Gasteiger partial charge in [0.05, 0.1) is 12.9 Å². The maximum Gasteiger partial charge on any atom is 0.167 e. The van der Waals surface area contributed by atoms with Crippen LogP contribution in [-0.2, 0) is 4.74 Å². The van der Waals surface area contributed by atoms with Gasteiger partial charge in [0, 0.05) is 0 Å². The molecule has 2 aromatic rings. The molecule has 4 atom stereocenters. The number of nitrogens with zero attached hydrogens (tertiary/aromatic N) is 4. The van der Waals surface area contributed by atoms with Gasteiger partial charge in [-0.3, -0.25) is 4.57 Å². The first kappa shape index (κ1) is 13.5. The number of anilines is 1. The van der Waals surface area contributed by atoms with Crippen LogP contribution in [0.4, 0.5) is 5.82 Å². The number of aliphatic hydroxyl groups excluding tert-OH is 2. The normalized spacial score (nSPS) is 33.9. The molecule has 1 saturated heterocycles. The van der Waals surface area contributed by atoms with Crippen molar-refractivity contribution in [2.75, 3.05) is 12.3 Å². The highest BCUT2D eigenvalue weighted by Gasteiger charge is 2.53. The summed E-state index contributed by atoms with van der Waals surface area (Å²) in [5.41, 5.74) is 6.62. The second kappa shape index (κ2) is 4.52. The Hall–Kier alpha value is -1.48. The van der Waals surface area contributed by atoms with Crippen molar-refractivity contribution in [3.63, 3.8) is 0 Å². The van der Waals surface area contributed by atoms with Crippen LogP contribution in [0.15, 0.2) is 12.7 Å². The van der Waals surface area contributed by atoms with E-state index in [0.29, 0.717) is 11.2 Å². The van der Waals surface area contributed by atoms with Gasteiger partial charge in [0.2, 0.25) is 0 Å². The lowest BCUT2D eigenvalue weighted by atomic mass is 10.0. The van der Waals surface area contributed by atoms with Gasteiger partial charge in [-0.15, -0.1) is 11.6 Å². The number of fused-ring (bicyclic) bond motifs is 1. The van der Waals surface area contributed by atoms with Gasteiger partial charge in [0.15, 0.2) is 17.7 Å². The van der Waals surface area contributed by atoms with E-state index < -0.39 is 23.3 Å². The van der Waals surface area contributed by atoms with Gasteiger partial charge in [-0.25, -0.2) is 15.0 Å². The van der Waals surface area contributed by atoms with Crippen molar-refractivity contribution in [1.29, 1.82) is 0 Å². The molecule has 8 nitrogen and oxygen atoms in total. The first-order chi connectivity index (χ1) is 9.46. The fourth-order valence-electron chi connectivity index (χ4n) is 2.40. The van der Waals surface area contributed by atoms with Crippen LogP contribution in [0.25, 0.3) is 11.2 Å². The molecule has 4 N–H and O–H groups in total. The third kappa shape index (κ3) is 1.76. The number of hydrogen-bond acceptors (Lipinski definition) is 7. The summed E-state index contributed by atoms with van der Waals surface area (Å²) < 4.78 is 7.20. The van der Waals surface area contributed by atoms with Crippen molar-refractivity contribution >= 4 is 28.6 Å². The van der Waals surface area contributed by atoms with Crippen LogP contribution >= 0.6 is 11.6 Å². The molecule has 0 spiro atoms. The fourth-order valence-corrected chi connectivity index (χ4v) is 2.70. The van der Waals surface area contributed by atoms with Gasteiger partial charge in [0.25, 0.3) is 0 Å². The number of aromatic nitrogens is 4. The Labute approximate surface area is 119 Å². The van der Waals surface area contributed by atoms with Gasteiger partial charge >= 0.3 is 0 Å². The lowest BCUT2D eigenvalue weighted by molar-refractivity contribution is -0.0441. The Morgan fingerprint density at radius 3 is 2.90 bits per heavy atom. The molecular weight excluding hydrogens is 286 g/mol. The summed E-state index contributed by atoms with van der Waals surface area (Å²) in [5.74, 6) is 0.252. The van der Waals surface area contributed by atoms with Gasteiger partial charge in [0.1, 0.15) is 28.9 Å². The van der Waals surface area contributed by atoms with E-state index in [0.717, 1.165) is 0 Å². The maximum atomic E-state index is 10.1. The Kier molecular flexibility index (Phi) is 3.05. The second-order valence-electron chi connectivity index (χ2n) is 4.89. The number of ether oxygens (including phenoxy) is 1. The van der Waals surface area contributed by atoms with Crippen molar-refractivity contribution in [2.45, 2.75) is 30.2 Å². The third-order valence-electron chi connectivity index (χ3n) is 3.54. The standard InChI is InChI=1S/C11H14ClN5O3/c1-11(12)7(19)5(2-18)20-10(11)17-4-16-6-8(13)14-3-15-9(6)17/h3-5,7,10,18-19H,2H2,1H3,(H2,13,14,15). The molecular formula is C11H14ClN5O3. The highest BCUT2D eigenvalue weighted by Crippen LogP contribution is 2.43. The van der Waals surface area contributed by atoms with E-state index in [1.54, 1.807) is 11.5 Å². The van der Waals surface area contributed by atoms with Crippen molar-refractivity contribution in [2.24, 2.45) is 0 Å². The molecule has 0 saturated carbocycles. The number of nitrogens with two attached hydrogens (primary N) is 1. The Morgan fingerprint density at radius 2 is 2.25 bits per heavy atom. The topological polar surface area (TPSA) is 119 Å². The van der Waals surface area contributed by atoms with Crippen LogP contribution < -0.4 is 5.73 Å². The summed E-state index contributed by atoms with van der Waals surface area (Å²) in [6.45, 7) is 1.31. The second-order valence-corrected chi connectivity index (χ2v) is 5.70. The minimum Gasteiger partial charge on any atom is -0.394 e. The highest BCUT2D eigenvalue weighted by atomic mass is 35.5. The summed E-state index contributed by atoms with van der Waals surface area (Å²) in [6, 6.07) is 0. The summed E-state index contributed by atoms with van der Waals surface area (Å²) in [4.78, 5) is 11.0. The quantitative estimate of drug-likeness (QED) is 0.649. The number of aliphatic hydroxyl groups is 2. The fraction of sp³-hybridized carbons (Fsp3) is 0.545. The van der Waals surface area contributed by atoms with Crippen molar-refractivity contribution in [1.82, 2.24) is 19.5 Å². The van der Waals surface area contributed by atoms with E-state index in [-0.39, 0.29) is 12.4 Å². The smallest absolute Gasteiger partial charge is 0.167 e. The molecule has 0 aliphatic carbocycles. The molecule has 2 aromatic heterocycles. The minimum atomic E-state index is -1.12. The summed E-state index contributed by atoms with van der Waals surface area (Å²) >= 11 is 6.38. The monoisotopic (exact) mass is 299 g/mol. The average Bonchev–Trinajstić information content (AvgIpc) is 2.92. The van der Waals surface area contributed by atoms with Crippen LogP contribution in [-0.4, -0.2) is 53.4 Å². The largest absolute Gasteiger partial charge is 0.394 e. The lowest BCUT2D eigenvalue weighted by Gasteiger charge is -2.26. The molecule has 0 amide bonds.